The predicted molar refractivity (Wildman–Crippen MR) is 70.5 cm³/mol. The van der Waals surface area contributed by atoms with Crippen molar-refractivity contribution in [2.24, 2.45) is 0 Å². The topological polar surface area (TPSA) is 54.5 Å². The number of nitrogens with zero attached hydrogens (tertiary/aromatic N) is 2. The van der Waals surface area contributed by atoms with Gasteiger partial charge in [0, 0.05) is 25.8 Å². The van der Waals surface area contributed by atoms with Crippen LogP contribution in [0.15, 0.2) is 18.3 Å². The van der Waals surface area contributed by atoms with Crippen LogP contribution in [0.3, 0.4) is 0 Å². The van der Waals surface area contributed by atoms with Crippen LogP contribution in [0, 0.1) is 0 Å². The van der Waals surface area contributed by atoms with Crippen LogP contribution in [-0.4, -0.2) is 49.6 Å². The van der Waals surface area contributed by atoms with E-state index in [1.807, 2.05) is 0 Å². The van der Waals surface area contributed by atoms with Crippen molar-refractivity contribution in [1.29, 1.82) is 0 Å². The lowest BCUT2D eigenvalue weighted by Crippen LogP contribution is -2.29. The van der Waals surface area contributed by atoms with Crippen molar-refractivity contribution in [1.82, 2.24) is 15.2 Å². The fourth-order valence-electron chi connectivity index (χ4n) is 1.51. The smallest absolute Gasteiger partial charge is 0.339 e. The van der Waals surface area contributed by atoms with E-state index in [1.165, 1.54) is 7.11 Å². The van der Waals surface area contributed by atoms with Crippen LogP contribution in [0.4, 0.5) is 0 Å². The van der Waals surface area contributed by atoms with E-state index in [9.17, 15) is 4.79 Å². The van der Waals surface area contributed by atoms with Gasteiger partial charge in [0.25, 0.3) is 0 Å². The molecule has 0 unspecified atom stereocenters. The summed E-state index contributed by atoms with van der Waals surface area (Å²) in [6, 6.07) is 3.47. The highest BCUT2D eigenvalue weighted by molar-refractivity contribution is 5.90. The molecule has 0 spiro atoms. The number of pyridine rings is 1. The minimum atomic E-state index is -0.342. The van der Waals surface area contributed by atoms with Crippen molar-refractivity contribution < 1.29 is 9.53 Å². The number of hydrogen-bond donors (Lipinski definition) is 1. The van der Waals surface area contributed by atoms with E-state index in [2.05, 4.69) is 29.2 Å². The Morgan fingerprint density at radius 2 is 2.33 bits per heavy atom. The monoisotopic (exact) mass is 251 g/mol. The first kappa shape index (κ1) is 14.6. The van der Waals surface area contributed by atoms with Gasteiger partial charge in [-0.3, -0.25) is 4.98 Å². The van der Waals surface area contributed by atoms with E-state index in [1.54, 1.807) is 18.3 Å². The average Bonchev–Trinajstić information content (AvgIpc) is 2.42. The standard InChI is InChI=1S/C13H21N3O2/c1-4-16(2)9-8-14-10-12-11(13(17)18-3)6-5-7-15-12/h5-7,14H,4,8-10H2,1-3H3. The summed E-state index contributed by atoms with van der Waals surface area (Å²) in [5.74, 6) is -0.342. The minimum absolute atomic E-state index is 0.342. The van der Waals surface area contributed by atoms with Gasteiger partial charge in [0.05, 0.1) is 18.4 Å². The zero-order chi connectivity index (χ0) is 13.4. The Morgan fingerprint density at radius 1 is 1.56 bits per heavy atom. The maximum Gasteiger partial charge on any atom is 0.339 e. The number of methoxy groups -OCH3 is 1. The van der Waals surface area contributed by atoms with Gasteiger partial charge in [0.2, 0.25) is 0 Å². The van der Waals surface area contributed by atoms with Gasteiger partial charge in [-0.1, -0.05) is 6.92 Å². The molecule has 0 atom stereocenters. The highest BCUT2D eigenvalue weighted by Gasteiger charge is 2.11. The van der Waals surface area contributed by atoms with Gasteiger partial charge >= 0.3 is 5.97 Å². The summed E-state index contributed by atoms with van der Waals surface area (Å²) in [5.41, 5.74) is 1.25. The molecule has 100 valence electrons. The zero-order valence-electron chi connectivity index (χ0n) is 11.3. The summed E-state index contributed by atoms with van der Waals surface area (Å²) in [4.78, 5) is 17.9. The predicted octanol–water partition coefficient (Wildman–Crippen LogP) is 0.909. The quantitative estimate of drug-likeness (QED) is 0.576. The van der Waals surface area contributed by atoms with E-state index in [-0.39, 0.29) is 5.97 Å². The lowest BCUT2D eigenvalue weighted by molar-refractivity contribution is 0.0598. The molecule has 0 saturated heterocycles. The lowest BCUT2D eigenvalue weighted by Gasteiger charge is -2.14. The van der Waals surface area contributed by atoms with Crippen molar-refractivity contribution in [2.75, 3.05) is 33.8 Å². The first-order valence-electron chi connectivity index (χ1n) is 6.10. The molecule has 0 bridgehead atoms. The fourth-order valence-corrected chi connectivity index (χ4v) is 1.51. The molecule has 1 heterocycles. The first-order valence-corrected chi connectivity index (χ1v) is 6.10. The fraction of sp³-hybridized carbons (Fsp3) is 0.538. The zero-order valence-corrected chi connectivity index (χ0v) is 11.3. The van der Waals surface area contributed by atoms with Gasteiger partial charge in [-0.25, -0.2) is 4.79 Å². The van der Waals surface area contributed by atoms with Crippen LogP contribution in [0.1, 0.15) is 23.0 Å². The van der Waals surface area contributed by atoms with Gasteiger partial charge in [-0.05, 0) is 25.7 Å². The molecule has 5 nitrogen and oxygen atoms in total. The van der Waals surface area contributed by atoms with Crippen LogP contribution >= 0.6 is 0 Å². The molecule has 1 aromatic heterocycles. The van der Waals surface area contributed by atoms with Crippen molar-refractivity contribution >= 4 is 5.97 Å². The van der Waals surface area contributed by atoms with E-state index in [0.717, 1.165) is 25.3 Å². The molecule has 18 heavy (non-hydrogen) atoms. The van der Waals surface area contributed by atoms with E-state index in [4.69, 9.17) is 4.74 Å². The van der Waals surface area contributed by atoms with Gasteiger partial charge in [0.1, 0.15) is 0 Å². The maximum atomic E-state index is 11.5. The van der Waals surface area contributed by atoms with Crippen molar-refractivity contribution in [3.63, 3.8) is 0 Å². The van der Waals surface area contributed by atoms with Crippen LogP contribution in [0.5, 0.6) is 0 Å². The molecule has 0 aromatic carbocycles. The Hall–Kier alpha value is -1.46. The summed E-state index contributed by atoms with van der Waals surface area (Å²) in [6.45, 7) is 5.55. The van der Waals surface area contributed by atoms with Crippen molar-refractivity contribution in [3.8, 4) is 0 Å². The number of ether oxygens (including phenoxy) is 1. The van der Waals surface area contributed by atoms with Crippen molar-refractivity contribution in [2.45, 2.75) is 13.5 Å². The summed E-state index contributed by atoms with van der Waals surface area (Å²) in [6.07, 6.45) is 1.68. The second-order valence-corrected chi connectivity index (χ2v) is 4.06. The Balaban J connectivity index is 2.49. The highest BCUT2D eigenvalue weighted by Crippen LogP contribution is 2.06. The van der Waals surface area contributed by atoms with Crippen LogP contribution in [0.2, 0.25) is 0 Å². The molecule has 0 saturated carbocycles. The molecule has 1 aromatic rings. The number of carbonyl (C=O) groups is 1. The number of esters is 1. The Bertz CT molecular complexity index is 382. The number of likely N-dealkylation sites (N-methyl/N-ethyl adjacent to an activating group) is 1. The highest BCUT2D eigenvalue weighted by atomic mass is 16.5. The van der Waals surface area contributed by atoms with Gasteiger partial charge in [-0.2, -0.15) is 0 Å². The van der Waals surface area contributed by atoms with E-state index < -0.39 is 0 Å². The third kappa shape index (κ3) is 4.43. The molecule has 0 radical (unpaired) electrons. The second kappa shape index (κ2) is 7.79. The molecular formula is C13H21N3O2. The molecule has 1 rings (SSSR count). The third-order valence-electron chi connectivity index (χ3n) is 2.80. The summed E-state index contributed by atoms with van der Waals surface area (Å²) in [5, 5.41) is 3.27. The molecule has 5 heteroatoms. The van der Waals surface area contributed by atoms with Gasteiger partial charge in [0.15, 0.2) is 0 Å². The molecule has 0 aliphatic carbocycles. The Labute approximate surface area is 108 Å². The Morgan fingerprint density at radius 3 is 3.00 bits per heavy atom. The largest absolute Gasteiger partial charge is 0.465 e. The van der Waals surface area contributed by atoms with E-state index >= 15 is 0 Å². The lowest BCUT2D eigenvalue weighted by atomic mass is 10.2. The second-order valence-electron chi connectivity index (χ2n) is 4.06. The number of carbonyl (C=O) groups excluding carboxylic acids is 1. The van der Waals surface area contributed by atoms with E-state index in [0.29, 0.717) is 12.1 Å². The summed E-state index contributed by atoms with van der Waals surface area (Å²) < 4.78 is 4.72. The molecule has 0 aliphatic heterocycles. The maximum absolute atomic E-state index is 11.5. The molecule has 1 N–H and O–H groups in total. The van der Waals surface area contributed by atoms with Gasteiger partial charge < -0.3 is 15.0 Å². The molecule has 0 amide bonds. The number of rotatable bonds is 7. The summed E-state index contributed by atoms with van der Waals surface area (Å²) in [7, 11) is 3.45. The van der Waals surface area contributed by atoms with Crippen LogP contribution < -0.4 is 5.32 Å². The molecule has 0 aliphatic rings. The number of nitrogens with one attached hydrogen (secondary N) is 1. The average molecular weight is 251 g/mol. The van der Waals surface area contributed by atoms with Gasteiger partial charge in [-0.15, -0.1) is 0 Å². The first-order chi connectivity index (χ1) is 8.69. The van der Waals surface area contributed by atoms with Crippen molar-refractivity contribution in [3.05, 3.63) is 29.6 Å². The normalized spacial score (nSPS) is 10.7. The Kier molecular flexibility index (Phi) is 6.32. The molecular weight excluding hydrogens is 230 g/mol. The third-order valence-corrected chi connectivity index (χ3v) is 2.80. The van der Waals surface area contributed by atoms with Crippen LogP contribution in [-0.2, 0) is 11.3 Å². The summed E-state index contributed by atoms with van der Waals surface area (Å²) >= 11 is 0. The van der Waals surface area contributed by atoms with Crippen LogP contribution in [0.25, 0.3) is 0 Å². The SMILES string of the molecule is CCN(C)CCNCc1ncccc1C(=O)OC. The minimum Gasteiger partial charge on any atom is -0.465 e. The molecule has 0 fully saturated rings. The number of hydrogen-bond acceptors (Lipinski definition) is 5. The number of aromatic nitrogens is 1.